The molecule has 0 radical (unpaired) electrons. The standard InChI is InChI=1S/C14H27N5/c1-3-5-17-6-8-19(9-7-17)13(10-15)14-11-16-12-18(14)4-2/h11-13H,3-10,15H2,1-2H3. The molecule has 0 spiro atoms. The molecule has 1 aromatic heterocycles. The van der Waals surface area contributed by atoms with E-state index in [4.69, 9.17) is 5.73 Å². The maximum Gasteiger partial charge on any atom is 0.0948 e. The van der Waals surface area contributed by atoms with Gasteiger partial charge in [0.15, 0.2) is 0 Å². The lowest BCUT2D eigenvalue weighted by Gasteiger charge is -2.39. The predicted octanol–water partition coefficient (Wildman–Crippen LogP) is 0.930. The van der Waals surface area contributed by atoms with Gasteiger partial charge < -0.3 is 15.2 Å². The second-order valence-corrected chi connectivity index (χ2v) is 5.23. The molecule has 0 saturated carbocycles. The van der Waals surface area contributed by atoms with Gasteiger partial charge in [0.2, 0.25) is 0 Å². The van der Waals surface area contributed by atoms with E-state index in [-0.39, 0.29) is 0 Å². The van der Waals surface area contributed by atoms with Crippen molar-refractivity contribution in [2.45, 2.75) is 32.9 Å². The summed E-state index contributed by atoms with van der Waals surface area (Å²) in [5, 5.41) is 0. The van der Waals surface area contributed by atoms with Gasteiger partial charge in [-0.1, -0.05) is 6.92 Å². The normalized spacial score (nSPS) is 19.7. The van der Waals surface area contributed by atoms with Crippen LogP contribution in [0.25, 0.3) is 0 Å². The van der Waals surface area contributed by atoms with E-state index in [1.807, 2.05) is 12.5 Å². The van der Waals surface area contributed by atoms with Crippen molar-refractivity contribution in [2.24, 2.45) is 5.73 Å². The van der Waals surface area contributed by atoms with Crippen LogP contribution >= 0.6 is 0 Å². The zero-order valence-corrected chi connectivity index (χ0v) is 12.3. The summed E-state index contributed by atoms with van der Waals surface area (Å²) in [6.45, 7) is 11.8. The molecular formula is C14H27N5. The minimum Gasteiger partial charge on any atom is -0.333 e. The minimum atomic E-state index is 0.311. The highest BCUT2D eigenvalue weighted by Crippen LogP contribution is 2.21. The Morgan fingerprint density at radius 2 is 2.00 bits per heavy atom. The van der Waals surface area contributed by atoms with E-state index in [2.05, 4.69) is 33.2 Å². The zero-order chi connectivity index (χ0) is 13.7. The van der Waals surface area contributed by atoms with Crippen LogP contribution in [-0.2, 0) is 6.54 Å². The first-order chi connectivity index (χ1) is 9.30. The number of hydrogen-bond donors (Lipinski definition) is 1. The van der Waals surface area contributed by atoms with E-state index in [1.165, 1.54) is 18.7 Å². The molecule has 1 aromatic rings. The number of hydrogen-bond acceptors (Lipinski definition) is 4. The molecule has 0 bridgehead atoms. The fraction of sp³-hybridized carbons (Fsp3) is 0.786. The van der Waals surface area contributed by atoms with Crippen molar-refractivity contribution in [1.82, 2.24) is 19.4 Å². The SMILES string of the molecule is CCCN1CCN(C(CN)c2cncn2CC)CC1. The van der Waals surface area contributed by atoms with Crippen LogP contribution in [0, 0.1) is 0 Å². The summed E-state index contributed by atoms with van der Waals surface area (Å²) in [7, 11) is 0. The molecule has 1 unspecified atom stereocenters. The summed E-state index contributed by atoms with van der Waals surface area (Å²) < 4.78 is 2.20. The minimum absolute atomic E-state index is 0.311. The van der Waals surface area contributed by atoms with Crippen molar-refractivity contribution in [1.29, 1.82) is 0 Å². The molecule has 1 atom stereocenters. The quantitative estimate of drug-likeness (QED) is 0.831. The van der Waals surface area contributed by atoms with E-state index in [1.54, 1.807) is 0 Å². The maximum atomic E-state index is 6.02. The monoisotopic (exact) mass is 265 g/mol. The first-order valence-electron chi connectivity index (χ1n) is 7.46. The topological polar surface area (TPSA) is 50.3 Å². The molecule has 0 amide bonds. The maximum absolute atomic E-state index is 6.02. The third kappa shape index (κ3) is 3.35. The highest BCUT2D eigenvalue weighted by atomic mass is 15.3. The van der Waals surface area contributed by atoms with Gasteiger partial charge in [0.05, 0.1) is 18.1 Å². The third-order valence-corrected chi connectivity index (χ3v) is 4.04. The van der Waals surface area contributed by atoms with Gasteiger partial charge in [-0.15, -0.1) is 0 Å². The molecule has 5 nitrogen and oxygen atoms in total. The third-order valence-electron chi connectivity index (χ3n) is 4.04. The number of aromatic nitrogens is 2. The summed E-state index contributed by atoms with van der Waals surface area (Å²) in [5.41, 5.74) is 7.27. The van der Waals surface area contributed by atoms with Gasteiger partial charge in [-0.25, -0.2) is 4.98 Å². The van der Waals surface area contributed by atoms with E-state index < -0.39 is 0 Å². The highest BCUT2D eigenvalue weighted by molar-refractivity contribution is 5.07. The number of rotatable bonds is 6. The van der Waals surface area contributed by atoms with Crippen LogP contribution in [0.5, 0.6) is 0 Å². The van der Waals surface area contributed by atoms with Crippen molar-refractivity contribution in [3.8, 4) is 0 Å². The number of imidazole rings is 1. The molecule has 2 rings (SSSR count). The largest absolute Gasteiger partial charge is 0.333 e. The lowest BCUT2D eigenvalue weighted by atomic mass is 10.1. The molecule has 2 N–H and O–H groups in total. The summed E-state index contributed by atoms with van der Waals surface area (Å²) in [6.07, 6.45) is 5.12. The van der Waals surface area contributed by atoms with Crippen LogP contribution in [-0.4, -0.2) is 58.6 Å². The molecular weight excluding hydrogens is 238 g/mol. The van der Waals surface area contributed by atoms with Crippen molar-refractivity contribution in [3.63, 3.8) is 0 Å². The fourth-order valence-corrected chi connectivity index (χ4v) is 2.94. The molecule has 1 aliphatic heterocycles. The van der Waals surface area contributed by atoms with E-state index >= 15 is 0 Å². The Kier molecular flexibility index (Phi) is 5.36. The second kappa shape index (κ2) is 7.03. The molecule has 0 aliphatic carbocycles. The van der Waals surface area contributed by atoms with Crippen molar-refractivity contribution < 1.29 is 0 Å². The average Bonchev–Trinajstić information content (AvgIpc) is 2.90. The van der Waals surface area contributed by atoms with Crippen molar-refractivity contribution in [3.05, 3.63) is 18.2 Å². The average molecular weight is 265 g/mol. The molecule has 1 aliphatic rings. The molecule has 1 fully saturated rings. The van der Waals surface area contributed by atoms with Crippen LogP contribution in [0.1, 0.15) is 32.0 Å². The Labute approximate surface area is 116 Å². The number of aryl methyl sites for hydroxylation is 1. The Hall–Kier alpha value is -0.910. The Morgan fingerprint density at radius 3 is 2.58 bits per heavy atom. The lowest BCUT2D eigenvalue weighted by Crippen LogP contribution is -2.49. The number of nitrogens with two attached hydrogens (primary N) is 1. The van der Waals surface area contributed by atoms with Gasteiger partial charge in [0, 0.05) is 45.5 Å². The first-order valence-corrected chi connectivity index (χ1v) is 7.46. The lowest BCUT2D eigenvalue weighted by molar-refractivity contribution is 0.0955. The molecule has 5 heteroatoms. The molecule has 108 valence electrons. The molecule has 0 aromatic carbocycles. The van der Waals surface area contributed by atoms with E-state index in [0.717, 1.165) is 32.7 Å². The van der Waals surface area contributed by atoms with Gasteiger partial charge in [-0.2, -0.15) is 0 Å². The van der Waals surface area contributed by atoms with Gasteiger partial charge >= 0.3 is 0 Å². The summed E-state index contributed by atoms with van der Waals surface area (Å²) in [4.78, 5) is 9.32. The molecule has 1 saturated heterocycles. The van der Waals surface area contributed by atoms with Crippen LogP contribution in [0.3, 0.4) is 0 Å². The molecule has 2 heterocycles. The summed E-state index contributed by atoms with van der Waals surface area (Å²) in [5.74, 6) is 0. The van der Waals surface area contributed by atoms with Gasteiger partial charge in [-0.3, -0.25) is 4.90 Å². The first kappa shape index (κ1) is 14.5. The smallest absolute Gasteiger partial charge is 0.0948 e. The highest BCUT2D eigenvalue weighted by Gasteiger charge is 2.25. The zero-order valence-electron chi connectivity index (χ0n) is 12.3. The fourth-order valence-electron chi connectivity index (χ4n) is 2.94. The Bertz CT molecular complexity index is 368. The second-order valence-electron chi connectivity index (χ2n) is 5.23. The number of piperazine rings is 1. The van der Waals surface area contributed by atoms with Gasteiger partial charge in [0.25, 0.3) is 0 Å². The van der Waals surface area contributed by atoms with Crippen LogP contribution < -0.4 is 5.73 Å². The van der Waals surface area contributed by atoms with Crippen molar-refractivity contribution >= 4 is 0 Å². The predicted molar refractivity (Wildman–Crippen MR) is 78.0 cm³/mol. The summed E-state index contributed by atoms with van der Waals surface area (Å²) >= 11 is 0. The Balaban J connectivity index is 2.00. The summed E-state index contributed by atoms with van der Waals surface area (Å²) in [6, 6.07) is 0.311. The van der Waals surface area contributed by atoms with Crippen LogP contribution in [0.15, 0.2) is 12.5 Å². The van der Waals surface area contributed by atoms with E-state index in [9.17, 15) is 0 Å². The number of nitrogens with zero attached hydrogens (tertiary/aromatic N) is 4. The van der Waals surface area contributed by atoms with Crippen LogP contribution in [0.4, 0.5) is 0 Å². The van der Waals surface area contributed by atoms with Gasteiger partial charge in [-0.05, 0) is 19.9 Å². The Morgan fingerprint density at radius 1 is 1.26 bits per heavy atom. The van der Waals surface area contributed by atoms with Crippen molar-refractivity contribution in [2.75, 3.05) is 39.3 Å². The van der Waals surface area contributed by atoms with Gasteiger partial charge in [0.1, 0.15) is 0 Å². The van der Waals surface area contributed by atoms with Crippen LogP contribution in [0.2, 0.25) is 0 Å². The molecule has 19 heavy (non-hydrogen) atoms. The van der Waals surface area contributed by atoms with E-state index in [0.29, 0.717) is 12.6 Å².